The number of hydrogen-bond acceptors (Lipinski definition) is 6. The molecule has 2 aromatic heterocycles. The summed E-state index contributed by atoms with van der Waals surface area (Å²) in [5.41, 5.74) is 1.39. The molecular weight excluding hydrogens is 461 g/mol. The zero-order valence-corrected chi connectivity index (χ0v) is 19.5. The lowest BCUT2D eigenvalue weighted by atomic mass is 9.93. The summed E-state index contributed by atoms with van der Waals surface area (Å²) >= 11 is 5.80. The quantitative estimate of drug-likeness (QED) is 0.481. The summed E-state index contributed by atoms with van der Waals surface area (Å²) in [5.74, 6) is 0.643. The van der Waals surface area contributed by atoms with Crippen LogP contribution in [0.15, 0.2) is 42.5 Å². The minimum atomic E-state index is -1.02. The number of rotatable bonds is 8. The van der Waals surface area contributed by atoms with Gasteiger partial charge in [-0.15, -0.1) is 10.2 Å². The van der Waals surface area contributed by atoms with Crippen molar-refractivity contribution >= 4 is 23.6 Å². The van der Waals surface area contributed by atoms with E-state index in [1.807, 2.05) is 19.2 Å². The molecule has 1 N–H and O–H groups in total. The summed E-state index contributed by atoms with van der Waals surface area (Å²) < 4.78 is 21.5. The number of carbonyl (C=O) groups is 1. The summed E-state index contributed by atoms with van der Waals surface area (Å²) in [6.07, 6.45) is 4.36. The highest BCUT2D eigenvalue weighted by Gasteiger charge is 2.23. The molecule has 0 unspecified atom stereocenters. The summed E-state index contributed by atoms with van der Waals surface area (Å²) in [5, 5.41) is 17.4. The van der Waals surface area contributed by atoms with Crippen molar-refractivity contribution in [1.29, 1.82) is 0 Å². The van der Waals surface area contributed by atoms with E-state index in [4.69, 9.17) is 21.4 Å². The lowest BCUT2D eigenvalue weighted by Gasteiger charge is -2.31. The van der Waals surface area contributed by atoms with E-state index < -0.39 is 11.8 Å². The molecule has 0 amide bonds. The second-order valence-corrected chi connectivity index (χ2v) is 8.62. The van der Waals surface area contributed by atoms with Gasteiger partial charge in [-0.05, 0) is 50.2 Å². The van der Waals surface area contributed by atoms with Crippen LogP contribution in [0, 0.1) is 5.82 Å². The Balaban J connectivity index is 1.32. The molecule has 1 aliphatic rings. The van der Waals surface area contributed by atoms with Crippen molar-refractivity contribution in [3.8, 4) is 5.88 Å². The number of ether oxygens (including phenoxy) is 1. The molecule has 0 atom stereocenters. The zero-order chi connectivity index (χ0) is 24.1. The van der Waals surface area contributed by atoms with Crippen molar-refractivity contribution in [2.75, 3.05) is 13.1 Å². The van der Waals surface area contributed by atoms with Gasteiger partial charge in [0, 0.05) is 41.4 Å². The average Bonchev–Trinajstić information content (AvgIpc) is 3.17. The predicted molar refractivity (Wildman–Crippen MR) is 125 cm³/mol. The van der Waals surface area contributed by atoms with E-state index in [0.29, 0.717) is 34.8 Å². The monoisotopic (exact) mass is 485 g/mol. The van der Waals surface area contributed by atoms with Crippen LogP contribution in [0.5, 0.6) is 5.88 Å². The van der Waals surface area contributed by atoms with Crippen molar-refractivity contribution in [3.63, 3.8) is 0 Å². The third kappa shape index (κ3) is 5.98. The number of benzene rings is 1. The predicted octanol–water partition coefficient (Wildman–Crippen LogP) is 4.06. The van der Waals surface area contributed by atoms with Gasteiger partial charge in [-0.25, -0.2) is 14.2 Å². The SMILES string of the molecule is Cn1c(C=CC(=O)O)nnc1CN1CCC(c2cccc(OCc3ccc(Cl)cc3F)n2)CC1. The fourth-order valence-electron chi connectivity index (χ4n) is 3.92. The number of hydrogen-bond donors (Lipinski definition) is 1. The van der Waals surface area contributed by atoms with Crippen LogP contribution in [-0.2, 0) is 25.0 Å². The van der Waals surface area contributed by atoms with Crippen LogP contribution in [0.4, 0.5) is 4.39 Å². The maximum atomic E-state index is 14.0. The Bertz CT molecular complexity index is 1190. The van der Waals surface area contributed by atoms with E-state index in [9.17, 15) is 9.18 Å². The summed E-state index contributed by atoms with van der Waals surface area (Å²) in [6.45, 7) is 2.47. The first kappa shape index (κ1) is 23.8. The molecule has 3 aromatic rings. The molecular formula is C24H25ClFN5O3. The summed E-state index contributed by atoms with van der Waals surface area (Å²) in [7, 11) is 1.83. The first-order valence-corrected chi connectivity index (χ1v) is 11.3. The van der Waals surface area contributed by atoms with Gasteiger partial charge in [-0.3, -0.25) is 4.90 Å². The fraction of sp³-hybridized carbons (Fsp3) is 0.333. The van der Waals surface area contributed by atoms with Gasteiger partial charge in [0.2, 0.25) is 5.88 Å². The minimum Gasteiger partial charge on any atom is -0.478 e. The number of likely N-dealkylation sites (tertiary alicyclic amines) is 1. The Morgan fingerprint density at radius 2 is 2.06 bits per heavy atom. The normalized spacial score (nSPS) is 15.1. The molecule has 10 heteroatoms. The topological polar surface area (TPSA) is 93.4 Å². The van der Waals surface area contributed by atoms with Crippen LogP contribution in [0.25, 0.3) is 6.08 Å². The van der Waals surface area contributed by atoms with Gasteiger partial charge in [-0.2, -0.15) is 0 Å². The van der Waals surface area contributed by atoms with Crippen LogP contribution in [0.3, 0.4) is 0 Å². The highest BCUT2D eigenvalue weighted by Crippen LogP contribution is 2.28. The first-order chi connectivity index (χ1) is 16.4. The number of aromatic nitrogens is 4. The van der Waals surface area contributed by atoms with Crippen LogP contribution >= 0.6 is 11.6 Å². The third-order valence-electron chi connectivity index (χ3n) is 5.88. The second-order valence-electron chi connectivity index (χ2n) is 8.18. The van der Waals surface area contributed by atoms with Crippen molar-refractivity contribution in [1.82, 2.24) is 24.6 Å². The maximum absolute atomic E-state index is 14.0. The van der Waals surface area contributed by atoms with E-state index >= 15 is 0 Å². The van der Waals surface area contributed by atoms with Crippen LogP contribution in [0.2, 0.25) is 5.02 Å². The Labute approximate surface area is 201 Å². The van der Waals surface area contributed by atoms with Gasteiger partial charge in [0.25, 0.3) is 0 Å². The second kappa shape index (κ2) is 10.8. The Morgan fingerprint density at radius 1 is 1.26 bits per heavy atom. The molecule has 0 aliphatic carbocycles. The minimum absolute atomic E-state index is 0.0826. The molecule has 4 rings (SSSR count). The molecule has 1 aliphatic heterocycles. The van der Waals surface area contributed by atoms with Crippen molar-refractivity contribution < 1.29 is 19.0 Å². The molecule has 0 radical (unpaired) electrons. The van der Waals surface area contributed by atoms with Crippen LogP contribution in [0.1, 0.15) is 41.7 Å². The molecule has 0 bridgehead atoms. The lowest BCUT2D eigenvalue weighted by Crippen LogP contribution is -2.33. The molecule has 0 spiro atoms. The van der Waals surface area contributed by atoms with E-state index in [-0.39, 0.29) is 6.61 Å². The number of piperidine rings is 1. The summed E-state index contributed by atoms with van der Waals surface area (Å²) in [4.78, 5) is 17.7. The number of pyridine rings is 1. The Morgan fingerprint density at radius 3 is 2.79 bits per heavy atom. The van der Waals surface area contributed by atoms with Crippen molar-refractivity contribution in [3.05, 3.63) is 76.2 Å². The fourth-order valence-corrected chi connectivity index (χ4v) is 4.08. The number of aliphatic carboxylic acids is 1. The van der Waals surface area contributed by atoms with Crippen LogP contribution < -0.4 is 4.74 Å². The highest BCUT2D eigenvalue weighted by molar-refractivity contribution is 6.30. The lowest BCUT2D eigenvalue weighted by molar-refractivity contribution is -0.131. The van der Waals surface area contributed by atoms with Gasteiger partial charge in [0.15, 0.2) is 5.82 Å². The zero-order valence-electron chi connectivity index (χ0n) is 18.7. The largest absolute Gasteiger partial charge is 0.478 e. The number of nitrogens with zero attached hydrogens (tertiary/aromatic N) is 5. The first-order valence-electron chi connectivity index (χ1n) is 10.9. The molecule has 34 heavy (non-hydrogen) atoms. The molecule has 0 saturated carbocycles. The summed E-state index contributed by atoms with van der Waals surface area (Å²) in [6, 6.07) is 10.2. The maximum Gasteiger partial charge on any atom is 0.328 e. The highest BCUT2D eigenvalue weighted by atomic mass is 35.5. The molecule has 178 valence electrons. The van der Waals surface area contributed by atoms with Gasteiger partial charge < -0.3 is 14.4 Å². The van der Waals surface area contributed by atoms with Crippen molar-refractivity contribution in [2.24, 2.45) is 7.05 Å². The molecule has 8 nitrogen and oxygen atoms in total. The van der Waals surface area contributed by atoms with Gasteiger partial charge in [0.1, 0.15) is 18.2 Å². The van der Waals surface area contributed by atoms with Crippen molar-refractivity contribution in [2.45, 2.75) is 31.9 Å². The third-order valence-corrected chi connectivity index (χ3v) is 6.12. The van der Waals surface area contributed by atoms with E-state index in [1.165, 1.54) is 12.1 Å². The molecule has 1 fully saturated rings. The van der Waals surface area contributed by atoms with Crippen LogP contribution in [-0.4, -0.2) is 48.8 Å². The van der Waals surface area contributed by atoms with Gasteiger partial charge >= 0.3 is 5.97 Å². The Hall–Kier alpha value is -3.30. The number of carboxylic acids is 1. The number of halogens is 2. The van der Waals surface area contributed by atoms with E-state index in [2.05, 4.69) is 20.1 Å². The number of carboxylic acid groups (broad SMARTS) is 1. The standard InChI is InChI=1S/C24H25ClFN5O3/c1-30-21(7-8-24(32)33)28-29-22(30)14-31-11-9-16(10-12-31)20-3-2-4-23(27-20)34-15-17-5-6-18(25)13-19(17)26/h2-8,13,16H,9-12,14-15H2,1H3,(H,32,33). The Kier molecular flexibility index (Phi) is 7.54. The smallest absolute Gasteiger partial charge is 0.328 e. The molecule has 1 aromatic carbocycles. The van der Waals surface area contributed by atoms with Gasteiger partial charge in [-0.1, -0.05) is 23.7 Å². The molecule has 1 saturated heterocycles. The van der Waals surface area contributed by atoms with Gasteiger partial charge in [0.05, 0.1) is 6.54 Å². The average molecular weight is 486 g/mol. The van der Waals surface area contributed by atoms with E-state index in [1.54, 1.807) is 22.8 Å². The molecule has 3 heterocycles. The van der Waals surface area contributed by atoms with E-state index in [0.717, 1.165) is 43.5 Å².